The van der Waals surface area contributed by atoms with Crippen LogP contribution in [0.15, 0.2) is 41.0 Å². The summed E-state index contributed by atoms with van der Waals surface area (Å²) in [6, 6.07) is 7.35. The minimum Gasteiger partial charge on any atom is -0.478 e. The third-order valence-corrected chi connectivity index (χ3v) is 3.06. The molecule has 102 valence electrons. The van der Waals surface area contributed by atoms with Crippen molar-refractivity contribution >= 4 is 45.1 Å². The van der Waals surface area contributed by atoms with E-state index in [1.807, 2.05) is 0 Å². The van der Waals surface area contributed by atoms with E-state index < -0.39 is 11.9 Å². The van der Waals surface area contributed by atoms with E-state index in [0.717, 1.165) is 0 Å². The fraction of sp³-hybridized carbons (Fsp3) is 0. The Morgan fingerprint density at radius 1 is 1.20 bits per heavy atom. The molecule has 2 aromatic rings. The molecule has 2 rings (SSSR count). The lowest BCUT2D eigenvalue weighted by Gasteiger charge is -2.07. The van der Waals surface area contributed by atoms with Crippen molar-refractivity contribution < 1.29 is 14.7 Å². The summed E-state index contributed by atoms with van der Waals surface area (Å²) in [5.74, 6) is -1.47. The van der Waals surface area contributed by atoms with Gasteiger partial charge in [-0.05, 0) is 30.3 Å². The van der Waals surface area contributed by atoms with Crippen LogP contribution in [0.3, 0.4) is 0 Å². The Bertz CT molecular complexity index is 691. The summed E-state index contributed by atoms with van der Waals surface area (Å²) in [7, 11) is 0. The summed E-state index contributed by atoms with van der Waals surface area (Å²) >= 11 is 8.90. The average molecular weight is 356 g/mol. The van der Waals surface area contributed by atoms with Crippen LogP contribution in [0.4, 0.5) is 5.69 Å². The third-order valence-electron chi connectivity index (χ3n) is 2.39. The van der Waals surface area contributed by atoms with Crippen LogP contribution in [0.5, 0.6) is 0 Å². The van der Waals surface area contributed by atoms with E-state index in [9.17, 15) is 9.59 Å². The second kappa shape index (κ2) is 6.02. The first-order chi connectivity index (χ1) is 9.45. The van der Waals surface area contributed by atoms with Crippen molar-refractivity contribution in [3.8, 4) is 0 Å². The number of pyridine rings is 1. The molecule has 0 aliphatic carbocycles. The minimum atomic E-state index is -1.08. The molecule has 1 aromatic carbocycles. The Hall–Kier alpha value is -1.92. The summed E-state index contributed by atoms with van der Waals surface area (Å²) in [4.78, 5) is 26.7. The van der Waals surface area contributed by atoms with Crippen LogP contribution in [0.1, 0.15) is 20.7 Å². The molecule has 0 saturated heterocycles. The summed E-state index contributed by atoms with van der Waals surface area (Å²) in [5.41, 5.74) is 0.777. The number of anilines is 1. The van der Waals surface area contributed by atoms with Gasteiger partial charge in [0.1, 0.15) is 5.15 Å². The minimum absolute atomic E-state index is 0.0717. The van der Waals surface area contributed by atoms with E-state index in [0.29, 0.717) is 15.7 Å². The predicted molar refractivity (Wildman–Crippen MR) is 78.3 cm³/mol. The molecule has 0 aliphatic rings. The molecule has 20 heavy (non-hydrogen) atoms. The van der Waals surface area contributed by atoms with Crippen LogP contribution in [-0.2, 0) is 0 Å². The first kappa shape index (κ1) is 14.5. The molecule has 0 fully saturated rings. The van der Waals surface area contributed by atoms with Gasteiger partial charge in [-0.3, -0.25) is 4.79 Å². The van der Waals surface area contributed by atoms with E-state index in [1.54, 1.807) is 6.07 Å². The maximum Gasteiger partial charge on any atom is 0.335 e. The average Bonchev–Trinajstić information content (AvgIpc) is 2.37. The van der Waals surface area contributed by atoms with Crippen LogP contribution < -0.4 is 5.32 Å². The molecular formula is C13H8BrClN2O3. The largest absolute Gasteiger partial charge is 0.478 e. The molecule has 0 saturated carbocycles. The lowest BCUT2D eigenvalue weighted by Crippen LogP contribution is -2.12. The first-order valence-corrected chi connectivity index (χ1v) is 6.59. The highest BCUT2D eigenvalue weighted by atomic mass is 79.9. The molecule has 1 aromatic heterocycles. The van der Waals surface area contributed by atoms with Gasteiger partial charge >= 0.3 is 5.97 Å². The van der Waals surface area contributed by atoms with Gasteiger partial charge in [-0.1, -0.05) is 27.5 Å². The molecular weight excluding hydrogens is 348 g/mol. The smallest absolute Gasteiger partial charge is 0.335 e. The van der Waals surface area contributed by atoms with Gasteiger partial charge in [0.15, 0.2) is 0 Å². The van der Waals surface area contributed by atoms with E-state index in [-0.39, 0.29) is 10.7 Å². The fourth-order valence-electron chi connectivity index (χ4n) is 1.53. The molecule has 1 heterocycles. The molecule has 0 atom stereocenters. The zero-order valence-corrected chi connectivity index (χ0v) is 12.3. The number of carboxylic acid groups (broad SMARTS) is 1. The topological polar surface area (TPSA) is 79.3 Å². The van der Waals surface area contributed by atoms with Gasteiger partial charge in [-0.25, -0.2) is 9.78 Å². The number of nitrogens with one attached hydrogen (secondary N) is 1. The highest BCUT2D eigenvalue weighted by Gasteiger charge is 2.10. The normalized spacial score (nSPS) is 10.1. The molecule has 2 N–H and O–H groups in total. The van der Waals surface area contributed by atoms with E-state index in [4.69, 9.17) is 16.7 Å². The number of rotatable bonds is 3. The van der Waals surface area contributed by atoms with Crippen LogP contribution in [0.25, 0.3) is 0 Å². The summed E-state index contributed by atoms with van der Waals surface area (Å²) in [6.45, 7) is 0. The molecule has 0 aliphatic heterocycles. The van der Waals surface area contributed by atoms with Crippen LogP contribution >= 0.6 is 27.5 Å². The monoisotopic (exact) mass is 354 g/mol. The number of aromatic carboxylic acids is 1. The number of carboxylic acids is 1. The van der Waals surface area contributed by atoms with Gasteiger partial charge in [0.05, 0.1) is 5.56 Å². The second-order valence-corrected chi connectivity index (χ2v) is 5.16. The lowest BCUT2D eigenvalue weighted by atomic mass is 10.2. The summed E-state index contributed by atoms with van der Waals surface area (Å²) in [5, 5.41) is 11.8. The number of aromatic nitrogens is 1. The quantitative estimate of drug-likeness (QED) is 0.827. The van der Waals surface area contributed by atoms with Crippen molar-refractivity contribution in [1.82, 2.24) is 4.98 Å². The zero-order chi connectivity index (χ0) is 14.7. The highest BCUT2D eigenvalue weighted by Crippen LogP contribution is 2.20. The van der Waals surface area contributed by atoms with Crippen LogP contribution in [-0.4, -0.2) is 22.0 Å². The molecule has 0 spiro atoms. The van der Waals surface area contributed by atoms with E-state index >= 15 is 0 Å². The number of hydrogen-bond donors (Lipinski definition) is 2. The highest BCUT2D eigenvalue weighted by molar-refractivity contribution is 9.10. The first-order valence-electron chi connectivity index (χ1n) is 5.42. The molecule has 0 radical (unpaired) electrons. The fourth-order valence-corrected chi connectivity index (χ4v) is 2.20. The maximum absolute atomic E-state index is 12.0. The molecule has 0 unspecified atom stereocenters. The van der Waals surface area contributed by atoms with Crippen molar-refractivity contribution in [2.24, 2.45) is 0 Å². The molecule has 0 bridgehead atoms. The number of benzene rings is 1. The zero-order valence-electron chi connectivity index (χ0n) is 9.93. The van der Waals surface area contributed by atoms with E-state index in [1.165, 1.54) is 30.5 Å². The van der Waals surface area contributed by atoms with Gasteiger partial charge in [0, 0.05) is 21.9 Å². The molecule has 5 nitrogen and oxygen atoms in total. The lowest BCUT2D eigenvalue weighted by molar-refractivity contribution is 0.0696. The Morgan fingerprint density at radius 2 is 1.95 bits per heavy atom. The standard InChI is InChI=1S/C13H8BrClN2O3/c14-9-3-8(13(19)20)4-10(6-9)17-12(18)7-1-2-16-11(15)5-7/h1-6H,(H,17,18)(H,19,20). The maximum atomic E-state index is 12.0. The predicted octanol–water partition coefficient (Wildman–Crippen LogP) is 3.45. The molecule has 1 amide bonds. The van der Waals surface area contributed by atoms with Crippen LogP contribution in [0.2, 0.25) is 5.15 Å². The van der Waals surface area contributed by atoms with Crippen molar-refractivity contribution in [2.45, 2.75) is 0 Å². The van der Waals surface area contributed by atoms with Crippen molar-refractivity contribution in [3.05, 3.63) is 57.3 Å². The number of nitrogens with zero attached hydrogens (tertiary/aromatic N) is 1. The van der Waals surface area contributed by atoms with Crippen LogP contribution in [0, 0.1) is 0 Å². The van der Waals surface area contributed by atoms with Crippen molar-refractivity contribution in [2.75, 3.05) is 5.32 Å². The number of carbonyl (C=O) groups excluding carboxylic acids is 1. The molecule has 7 heteroatoms. The van der Waals surface area contributed by atoms with Crippen molar-refractivity contribution in [1.29, 1.82) is 0 Å². The van der Waals surface area contributed by atoms with Gasteiger partial charge in [0.25, 0.3) is 5.91 Å². The third kappa shape index (κ3) is 3.55. The number of hydrogen-bond acceptors (Lipinski definition) is 3. The Balaban J connectivity index is 2.26. The Morgan fingerprint density at radius 3 is 2.60 bits per heavy atom. The second-order valence-electron chi connectivity index (χ2n) is 3.86. The Labute approximate surface area is 127 Å². The van der Waals surface area contributed by atoms with Gasteiger partial charge in [-0.2, -0.15) is 0 Å². The van der Waals surface area contributed by atoms with Gasteiger partial charge < -0.3 is 10.4 Å². The van der Waals surface area contributed by atoms with E-state index in [2.05, 4.69) is 26.2 Å². The SMILES string of the molecule is O=C(O)c1cc(Br)cc(NC(=O)c2ccnc(Cl)c2)c1. The number of halogens is 2. The summed E-state index contributed by atoms with van der Waals surface area (Å²) < 4.78 is 0.556. The summed E-state index contributed by atoms with van der Waals surface area (Å²) in [6.07, 6.45) is 1.42. The van der Waals surface area contributed by atoms with Gasteiger partial charge in [0.2, 0.25) is 0 Å². The number of carbonyl (C=O) groups is 2. The van der Waals surface area contributed by atoms with Crippen molar-refractivity contribution in [3.63, 3.8) is 0 Å². The van der Waals surface area contributed by atoms with Gasteiger partial charge in [-0.15, -0.1) is 0 Å². The number of amides is 1. The Kier molecular flexibility index (Phi) is 4.36.